The molecule has 0 aromatic heterocycles. The number of barbiturate groups is 1. The minimum absolute atomic E-state index is 0.119. The van der Waals surface area contributed by atoms with Gasteiger partial charge in [0.15, 0.2) is 0 Å². The van der Waals surface area contributed by atoms with Crippen LogP contribution in [0.3, 0.4) is 0 Å². The van der Waals surface area contributed by atoms with Gasteiger partial charge in [0.2, 0.25) is 11.8 Å². The van der Waals surface area contributed by atoms with E-state index in [0.29, 0.717) is 6.54 Å². The Morgan fingerprint density at radius 3 is 2.10 bits per heavy atom. The summed E-state index contributed by atoms with van der Waals surface area (Å²) < 4.78 is 0. The van der Waals surface area contributed by atoms with Gasteiger partial charge in [-0.2, -0.15) is 0 Å². The van der Waals surface area contributed by atoms with Gasteiger partial charge in [0.05, 0.1) is 6.04 Å². The number of carbonyl (C=O) groups is 3. The van der Waals surface area contributed by atoms with E-state index in [0.717, 1.165) is 0 Å². The summed E-state index contributed by atoms with van der Waals surface area (Å²) in [5, 5.41) is 2.31. The van der Waals surface area contributed by atoms with Crippen LogP contribution in [-0.4, -0.2) is 54.3 Å². The molecule has 1 fully saturated rings. The number of rotatable bonds is 5. The monoisotopic (exact) mass is 283 g/mol. The Bertz CT molecular complexity index is 404. The fourth-order valence-corrected chi connectivity index (χ4v) is 2.47. The lowest BCUT2D eigenvalue weighted by molar-refractivity contribution is -0.146. The molecule has 2 unspecified atom stereocenters. The van der Waals surface area contributed by atoms with Gasteiger partial charge in [0, 0.05) is 6.54 Å². The van der Waals surface area contributed by atoms with Crippen molar-refractivity contribution in [1.82, 2.24) is 15.1 Å². The summed E-state index contributed by atoms with van der Waals surface area (Å²) in [5.41, 5.74) is 0. The zero-order valence-corrected chi connectivity index (χ0v) is 13.1. The van der Waals surface area contributed by atoms with Gasteiger partial charge in [-0.25, -0.2) is 4.79 Å². The van der Waals surface area contributed by atoms with E-state index >= 15 is 0 Å². The molecule has 114 valence electrons. The minimum atomic E-state index is -0.781. The van der Waals surface area contributed by atoms with Crippen LogP contribution < -0.4 is 5.32 Å². The number of imide groups is 2. The van der Waals surface area contributed by atoms with Crippen LogP contribution in [0.2, 0.25) is 0 Å². The second-order valence-corrected chi connectivity index (χ2v) is 6.30. The highest BCUT2D eigenvalue weighted by molar-refractivity contribution is 6.16. The van der Waals surface area contributed by atoms with Gasteiger partial charge < -0.3 is 4.90 Å². The maximum atomic E-state index is 12.5. The Morgan fingerprint density at radius 2 is 1.70 bits per heavy atom. The number of carbonyl (C=O) groups excluding carboxylic acids is 3. The average molecular weight is 283 g/mol. The summed E-state index contributed by atoms with van der Waals surface area (Å²) in [6.07, 6.45) is 0. The normalized spacial score (nSPS) is 21.9. The van der Waals surface area contributed by atoms with E-state index in [4.69, 9.17) is 0 Å². The molecular formula is C14H25N3O3. The summed E-state index contributed by atoms with van der Waals surface area (Å²) in [6, 6.07) is -0.843. The van der Waals surface area contributed by atoms with Crippen molar-refractivity contribution in [2.45, 2.75) is 33.7 Å². The Hall–Kier alpha value is -1.43. The van der Waals surface area contributed by atoms with E-state index in [1.54, 1.807) is 0 Å². The zero-order chi connectivity index (χ0) is 15.6. The molecule has 0 aromatic rings. The molecule has 1 aliphatic heterocycles. The standard InChI is InChI=1S/C14H25N3O3/c1-8(2)10(7-16(5)6)17-13(19)11(9(3)4)12(18)15-14(17)20/h8-11H,7H2,1-6H3,(H,15,18,20). The number of hydrogen-bond donors (Lipinski definition) is 1. The first-order valence-corrected chi connectivity index (χ1v) is 6.99. The summed E-state index contributed by atoms with van der Waals surface area (Å²) in [5.74, 6) is -1.66. The van der Waals surface area contributed by atoms with Gasteiger partial charge >= 0.3 is 6.03 Å². The molecule has 0 saturated carbocycles. The maximum absolute atomic E-state index is 12.5. The third kappa shape index (κ3) is 3.36. The van der Waals surface area contributed by atoms with Crippen molar-refractivity contribution in [3.8, 4) is 0 Å². The van der Waals surface area contributed by atoms with Crippen LogP contribution in [0.25, 0.3) is 0 Å². The predicted molar refractivity (Wildman–Crippen MR) is 75.9 cm³/mol. The lowest BCUT2D eigenvalue weighted by Crippen LogP contribution is -2.64. The van der Waals surface area contributed by atoms with E-state index in [1.807, 2.05) is 46.7 Å². The maximum Gasteiger partial charge on any atom is 0.331 e. The van der Waals surface area contributed by atoms with Crippen LogP contribution in [0.1, 0.15) is 27.7 Å². The summed E-state index contributed by atoms with van der Waals surface area (Å²) in [7, 11) is 3.79. The van der Waals surface area contributed by atoms with Crippen molar-refractivity contribution >= 4 is 17.8 Å². The number of hydrogen-bond acceptors (Lipinski definition) is 4. The average Bonchev–Trinajstić information content (AvgIpc) is 2.25. The topological polar surface area (TPSA) is 69.7 Å². The largest absolute Gasteiger partial charge is 0.331 e. The van der Waals surface area contributed by atoms with Crippen LogP contribution >= 0.6 is 0 Å². The number of urea groups is 1. The summed E-state index contributed by atoms with van der Waals surface area (Å²) in [6.45, 7) is 8.14. The second kappa shape index (κ2) is 6.35. The number of amides is 4. The van der Waals surface area contributed by atoms with Crippen LogP contribution in [0.4, 0.5) is 4.79 Å². The van der Waals surface area contributed by atoms with Crippen molar-refractivity contribution in [3.05, 3.63) is 0 Å². The SMILES string of the molecule is CC(C)C1C(=O)NC(=O)N(C(CN(C)C)C(C)C)C1=O. The van der Waals surface area contributed by atoms with E-state index in [2.05, 4.69) is 5.32 Å². The molecule has 1 saturated heterocycles. The minimum Gasteiger partial charge on any atom is -0.307 e. The van der Waals surface area contributed by atoms with Gasteiger partial charge in [0.1, 0.15) is 5.92 Å². The second-order valence-electron chi connectivity index (χ2n) is 6.30. The van der Waals surface area contributed by atoms with Crippen molar-refractivity contribution in [3.63, 3.8) is 0 Å². The molecule has 1 rings (SSSR count). The van der Waals surface area contributed by atoms with Crippen LogP contribution in [-0.2, 0) is 9.59 Å². The van der Waals surface area contributed by atoms with E-state index in [-0.39, 0.29) is 23.8 Å². The molecule has 6 heteroatoms. The number of nitrogens with one attached hydrogen (secondary N) is 1. The fraction of sp³-hybridized carbons (Fsp3) is 0.786. The fourth-order valence-electron chi connectivity index (χ4n) is 2.47. The van der Waals surface area contributed by atoms with Gasteiger partial charge in [0.25, 0.3) is 0 Å². The number of nitrogens with zero attached hydrogens (tertiary/aromatic N) is 2. The molecule has 6 nitrogen and oxygen atoms in total. The van der Waals surface area contributed by atoms with Crippen molar-refractivity contribution in [1.29, 1.82) is 0 Å². The highest BCUT2D eigenvalue weighted by Crippen LogP contribution is 2.23. The molecule has 0 aliphatic carbocycles. The molecule has 4 amide bonds. The molecule has 1 heterocycles. The molecule has 0 radical (unpaired) electrons. The van der Waals surface area contributed by atoms with Gasteiger partial charge in [-0.15, -0.1) is 0 Å². The van der Waals surface area contributed by atoms with Crippen LogP contribution in [0.5, 0.6) is 0 Å². The first-order chi connectivity index (χ1) is 9.16. The van der Waals surface area contributed by atoms with Crippen molar-refractivity contribution < 1.29 is 14.4 Å². The molecule has 1 N–H and O–H groups in total. The molecule has 20 heavy (non-hydrogen) atoms. The summed E-state index contributed by atoms with van der Waals surface area (Å²) >= 11 is 0. The third-order valence-corrected chi connectivity index (χ3v) is 3.55. The van der Waals surface area contributed by atoms with Crippen LogP contribution in [0.15, 0.2) is 0 Å². The predicted octanol–water partition coefficient (Wildman–Crippen LogP) is 0.923. The van der Waals surface area contributed by atoms with E-state index in [1.165, 1.54) is 4.90 Å². The molecule has 0 bridgehead atoms. The first kappa shape index (κ1) is 16.6. The lowest BCUT2D eigenvalue weighted by atomic mass is 9.90. The smallest absolute Gasteiger partial charge is 0.307 e. The Balaban J connectivity index is 3.09. The van der Waals surface area contributed by atoms with Gasteiger partial charge in [-0.1, -0.05) is 27.7 Å². The van der Waals surface area contributed by atoms with Crippen molar-refractivity contribution in [2.75, 3.05) is 20.6 Å². The van der Waals surface area contributed by atoms with Gasteiger partial charge in [-0.05, 0) is 25.9 Å². The highest BCUT2D eigenvalue weighted by Gasteiger charge is 2.45. The van der Waals surface area contributed by atoms with E-state index < -0.39 is 17.9 Å². The Labute approximate surface area is 120 Å². The lowest BCUT2D eigenvalue weighted by Gasteiger charge is -2.39. The van der Waals surface area contributed by atoms with Gasteiger partial charge in [-0.3, -0.25) is 19.8 Å². The third-order valence-electron chi connectivity index (χ3n) is 3.55. The highest BCUT2D eigenvalue weighted by atomic mass is 16.2. The molecule has 1 aliphatic rings. The first-order valence-electron chi connectivity index (χ1n) is 6.99. The zero-order valence-electron chi connectivity index (χ0n) is 13.1. The molecule has 0 aromatic carbocycles. The van der Waals surface area contributed by atoms with Crippen molar-refractivity contribution in [2.24, 2.45) is 17.8 Å². The molecule has 0 spiro atoms. The van der Waals surface area contributed by atoms with Crippen LogP contribution in [0, 0.1) is 17.8 Å². The molecular weight excluding hydrogens is 258 g/mol. The quantitative estimate of drug-likeness (QED) is 0.762. The Kier molecular flexibility index (Phi) is 5.28. The van der Waals surface area contributed by atoms with E-state index in [9.17, 15) is 14.4 Å². The molecule has 2 atom stereocenters. The summed E-state index contributed by atoms with van der Waals surface area (Å²) in [4.78, 5) is 39.6. The number of likely N-dealkylation sites (N-methyl/N-ethyl adjacent to an activating group) is 1. The Morgan fingerprint density at radius 1 is 1.15 bits per heavy atom.